The number of guanidine groups is 1. The summed E-state index contributed by atoms with van der Waals surface area (Å²) < 4.78 is 34.9. The van der Waals surface area contributed by atoms with Crippen LogP contribution in [-0.2, 0) is 11.3 Å². The van der Waals surface area contributed by atoms with Gasteiger partial charge in [0, 0.05) is 39.7 Å². The number of nitrogens with one attached hydrogen (secondary N) is 1. The fourth-order valence-corrected chi connectivity index (χ4v) is 2.67. The molecule has 0 radical (unpaired) electrons. The lowest BCUT2D eigenvalue weighted by atomic mass is 10.1. The monoisotopic (exact) mass is 469 g/mol. The molecule has 1 aromatic rings. The van der Waals surface area contributed by atoms with Crippen molar-refractivity contribution in [3.8, 4) is 5.75 Å². The molecule has 1 aliphatic heterocycles. The van der Waals surface area contributed by atoms with Gasteiger partial charge in [0.05, 0.1) is 6.61 Å². The zero-order valence-electron chi connectivity index (χ0n) is 14.6. The molecule has 142 valence electrons. The molecule has 1 aromatic carbocycles. The lowest BCUT2D eigenvalue weighted by molar-refractivity contribution is 0.0818. The molecule has 5 nitrogen and oxygen atoms in total. The number of benzene rings is 1. The average Bonchev–Trinajstić information content (AvgIpc) is 3.07. The van der Waals surface area contributed by atoms with Gasteiger partial charge in [0.2, 0.25) is 0 Å². The molecular formula is C17H26F2IN3O2. The predicted octanol–water partition coefficient (Wildman–Crippen LogP) is 2.99. The van der Waals surface area contributed by atoms with Crippen molar-refractivity contribution in [1.29, 1.82) is 0 Å². The smallest absolute Gasteiger partial charge is 0.272 e. The molecule has 1 N–H and O–H groups in total. The molecule has 1 aliphatic rings. The number of nitrogens with zero attached hydrogens (tertiary/aromatic N) is 2. The molecule has 0 spiro atoms. The summed E-state index contributed by atoms with van der Waals surface area (Å²) in [5.41, 5.74) is 0.945. The molecule has 0 aromatic heterocycles. The van der Waals surface area contributed by atoms with Crippen molar-refractivity contribution in [3.05, 3.63) is 29.8 Å². The first-order valence-corrected chi connectivity index (χ1v) is 8.08. The second kappa shape index (κ2) is 11.5. The van der Waals surface area contributed by atoms with E-state index in [1.807, 2.05) is 13.1 Å². The van der Waals surface area contributed by atoms with Gasteiger partial charge in [0.1, 0.15) is 12.4 Å². The van der Waals surface area contributed by atoms with Gasteiger partial charge in [-0.2, -0.15) is 0 Å². The van der Waals surface area contributed by atoms with Crippen LogP contribution >= 0.6 is 24.0 Å². The Hall–Kier alpha value is -1.16. The lowest BCUT2D eigenvalue weighted by Crippen LogP contribution is -2.41. The van der Waals surface area contributed by atoms with Crippen molar-refractivity contribution in [1.82, 2.24) is 10.2 Å². The molecular weight excluding hydrogens is 443 g/mol. The van der Waals surface area contributed by atoms with Crippen molar-refractivity contribution in [2.75, 3.05) is 40.5 Å². The predicted molar refractivity (Wildman–Crippen MR) is 105 cm³/mol. The molecule has 1 atom stereocenters. The highest BCUT2D eigenvalue weighted by Gasteiger charge is 2.19. The van der Waals surface area contributed by atoms with Gasteiger partial charge >= 0.3 is 0 Å². The van der Waals surface area contributed by atoms with E-state index in [0.717, 1.165) is 37.7 Å². The van der Waals surface area contributed by atoms with Gasteiger partial charge < -0.3 is 19.7 Å². The Balaban J connectivity index is 0.00000312. The van der Waals surface area contributed by atoms with Crippen LogP contribution in [0.3, 0.4) is 0 Å². The SMILES string of the molecule is CN=C(NCc1cccc(OCC(F)F)c1)N(C)CC1CCOC1.I. The highest BCUT2D eigenvalue weighted by molar-refractivity contribution is 14.0. The third-order valence-electron chi connectivity index (χ3n) is 3.85. The molecule has 2 rings (SSSR count). The second-order valence-corrected chi connectivity index (χ2v) is 5.86. The van der Waals surface area contributed by atoms with E-state index in [2.05, 4.69) is 15.2 Å². The number of alkyl halides is 2. The maximum atomic E-state index is 12.2. The standard InChI is InChI=1S/C17H25F2N3O2.HI/c1-20-17(22(2)10-14-6-7-23-11-14)21-9-13-4-3-5-15(8-13)24-12-16(18)19;/h3-5,8,14,16H,6-7,9-12H2,1-2H3,(H,20,21);1H. The molecule has 25 heavy (non-hydrogen) atoms. The van der Waals surface area contributed by atoms with Crippen LogP contribution in [0.5, 0.6) is 5.75 Å². The van der Waals surface area contributed by atoms with Crippen LogP contribution in [-0.4, -0.2) is 57.7 Å². The largest absolute Gasteiger partial charge is 0.488 e. The van der Waals surface area contributed by atoms with Crippen LogP contribution in [0.1, 0.15) is 12.0 Å². The zero-order valence-corrected chi connectivity index (χ0v) is 16.9. The van der Waals surface area contributed by atoms with Gasteiger partial charge in [-0.25, -0.2) is 8.78 Å². The van der Waals surface area contributed by atoms with E-state index in [9.17, 15) is 8.78 Å². The molecule has 1 unspecified atom stereocenters. The van der Waals surface area contributed by atoms with Gasteiger partial charge in [-0.3, -0.25) is 4.99 Å². The van der Waals surface area contributed by atoms with Gasteiger partial charge in [-0.1, -0.05) is 12.1 Å². The summed E-state index contributed by atoms with van der Waals surface area (Å²) in [5, 5.41) is 3.28. The third kappa shape index (κ3) is 7.72. The van der Waals surface area contributed by atoms with Gasteiger partial charge in [0.25, 0.3) is 6.43 Å². The van der Waals surface area contributed by atoms with E-state index >= 15 is 0 Å². The summed E-state index contributed by atoms with van der Waals surface area (Å²) in [4.78, 5) is 6.37. The molecule has 1 heterocycles. The number of hydrogen-bond acceptors (Lipinski definition) is 3. The Morgan fingerprint density at radius 2 is 2.28 bits per heavy atom. The number of ether oxygens (including phenoxy) is 2. The topological polar surface area (TPSA) is 46.1 Å². The fourth-order valence-electron chi connectivity index (χ4n) is 2.67. The number of halogens is 3. The lowest BCUT2D eigenvalue weighted by Gasteiger charge is -2.24. The molecule has 0 bridgehead atoms. The van der Waals surface area contributed by atoms with E-state index in [1.165, 1.54) is 0 Å². The Morgan fingerprint density at radius 1 is 1.48 bits per heavy atom. The minimum absolute atomic E-state index is 0. The maximum Gasteiger partial charge on any atom is 0.272 e. The number of rotatable bonds is 7. The summed E-state index contributed by atoms with van der Waals surface area (Å²) in [7, 11) is 3.74. The van der Waals surface area contributed by atoms with E-state index < -0.39 is 13.0 Å². The van der Waals surface area contributed by atoms with Crippen molar-refractivity contribution < 1.29 is 18.3 Å². The van der Waals surface area contributed by atoms with Crippen LogP contribution in [0.2, 0.25) is 0 Å². The molecule has 1 fully saturated rings. The highest BCUT2D eigenvalue weighted by Crippen LogP contribution is 2.15. The van der Waals surface area contributed by atoms with E-state index in [4.69, 9.17) is 9.47 Å². The maximum absolute atomic E-state index is 12.2. The summed E-state index contributed by atoms with van der Waals surface area (Å²) in [6, 6.07) is 7.14. The summed E-state index contributed by atoms with van der Waals surface area (Å²) in [6.07, 6.45) is -1.40. The summed E-state index contributed by atoms with van der Waals surface area (Å²) in [6.45, 7) is 2.47. The minimum atomic E-state index is -2.47. The van der Waals surface area contributed by atoms with Crippen LogP contribution < -0.4 is 10.1 Å². The summed E-state index contributed by atoms with van der Waals surface area (Å²) in [5.74, 6) is 1.77. The van der Waals surface area contributed by atoms with Crippen LogP contribution in [0.25, 0.3) is 0 Å². The number of aliphatic imine (C=N–C) groups is 1. The Morgan fingerprint density at radius 3 is 2.92 bits per heavy atom. The third-order valence-corrected chi connectivity index (χ3v) is 3.85. The average molecular weight is 469 g/mol. The quantitative estimate of drug-likeness (QED) is 0.379. The minimum Gasteiger partial charge on any atom is -0.488 e. The van der Waals surface area contributed by atoms with Gasteiger partial charge in [-0.05, 0) is 24.1 Å². The first kappa shape index (κ1) is 21.9. The Labute approximate surface area is 164 Å². The number of hydrogen-bond donors (Lipinski definition) is 1. The zero-order chi connectivity index (χ0) is 17.4. The second-order valence-electron chi connectivity index (χ2n) is 5.86. The van der Waals surface area contributed by atoms with Crippen molar-refractivity contribution in [2.45, 2.75) is 19.4 Å². The van der Waals surface area contributed by atoms with Gasteiger partial charge in [0.15, 0.2) is 5.96 Å². The van der Waals surface area contributed by atoms with Gasteiger partial charge in [-0.15, -0.1) is 24.0 Å². The molecule has 8 heteroatoms. The highest BCUT2D eigenvalue weighted by atomic mass is 127. The van der Waals surface area contributed by atoms with E-state index in [0.29, 0.717) is 18.2 Å². The van der Waals surface area contributed by atoms with Crippen molar-refractivity contribution in [3.63, 3.8) is 0 Å². The van der Waals surface area contributed by atoms with Crippen LogP contribution in [0.4, 0.5) is 8.78 Å². The normalized spacial score (nSPS) is 17.3. The first-order chi connectivity index (χ1) is 11.6. The van der Waals surface area contributed by atoms with Crippen LogP contribution in [0, 0.1) is 5.92 Å². The molecule has 1 saturated heterocycles. The molecule has 0 saturated carbocycles. The van der Waals surface area contributed by atoms with E-state index in [1.54, 1.807) is 25.2 Å². The molecule has 0 amide bonds. The molecule has 0 aliphatic carbocycles. The fraction of sp³-hybridized carbons (Fsp3) is 0.588. The first-order valence-electron chi connectivity index (χ1n) is 8.08. The van der Waals surface area contributed by atoms with E-state index in [-0.39, 0.29) is 24.0 Å². The van der Waals surface area contributed by atoms with Crippen molar-refractivity contribution >= 4 is 29.9 Å². The van der Waals surface area contributed by atoms with Crippen LogP contribution in [0.15, 0.2) is 29.3 Å². The van der Waals surface area contributed by atoms with Crippen molar-refractivity contribution in [2.24, 2.45) is 10.9 Å². The summed E-state index contributed by atoms with van der Waals surface area (Å²) >= 11 is 0. The Kier molecular flexibility index (Phi) is 10.0. The Bertz CT molecular complexity index is 540.